The van der Waals surface area contributed by atoms with Crippen LogP contribution in [0, 0.1) is 0 Å². The Morgan fingerprint density at radius 3 is 2.61 bits per heavy atom. The fourth-order valence-electron chi connectivity index (χ4n) is 3.84. The molecular formula is C21H22N4O3. The van der Waals surface area contributed by atoms with E-state index in [0.29, 0.717) is 18.8 Å². The molecule has 0 aliphatic carbocycles. The van der Waals surface area contributed by atoms with Crippen molar-refractivity contribution in [3.63, 3.8) is 0 Å². The molecule has 0 radical (unpaired) electrons. The number of hydrogen-bond acceptors (Lipinski definition) is 4. The molecule has 1 aromatic heterocycles. The fourth-order valence-corrected chi connectivity index (χ4v) is 3.84. The molecule has 1 aliphatic rings. The van der Waals surface area contributed by atoms with E-state index in [9.17, 15) is 9.59 Å². The summed E-state index contributed by atoms with van der Waals surface area (Å²) in [6, 6.07) is 15.2. The molecule has 1 fully saturated rings. The molecule has 0 saturated carbocycles. The number of aromatic nitrogens is 2. The zero-order valence-electron chi connectivity index (χ0n) is 15.8. The van der Waals surface area contributed by atoms with Gasteiger partial charge in [-0.1, -0.05) is 30.3 Å². The van der Waals surface area contributed by atoms with Gasteiger partial charge in [0.2, 0.25) is 5.91 Å². The first-order valence-corrected chi connectivity index (χ1v) is 9.20. The zero-order valence-corrected chi connectivity index (χ0v) is 15.8. The number of likely N-dealkylation sites (tertiary alicyclic amines) is 1. The third kappa shape index (κ3) is 3.31. The summed E-state index contributed by atoms with van der Waals surface area (Å²) < 4.78 is 5.23. The Kier molecular flexibility index (Phi) is 4.73. The predicted molar refractivity (Wildman–Crippen MR) is 105 cm³/mol. The van der Waals surface area contributed by atoms with Gasteiger partial charge >= 0.3 is 0 Å². The van der Waals surface area contributed by atoms with Crippen LogP contribution < -0.4 is 10.1 Å². The third-order valence-electron chi connectivity index (χ3n) is 5.21. The number of fused-ring (bicyclic) bond motifs is 1. The number of benzene rings is 2. The minimum Gasteiger partial charge on any atom is -0.497 e. The van der Waals surface area contributed by atoms with E-state index in [1.807, 2.05) is 48.5 Å². The van der Waals surface area contributed by atoms with Crippen molar-refractivity contribution in [2.75, 3.05) is 20.2 Å². The lowest BCUT2D eigenvalue weighted by Gasteiger charge is -2.19. The fraction of sp³-hybridized carbons (Fsp3) is 0.286. The van der Waals surface area contributed by atoms with Crippen LogP contribution in [-0.4, -0.2) is 53.2 Å². The normalized spacial score (nSPS) is 19.0. The highest BCUT2D eigenvalue weighted by atomic mass is 16.5. The highest BCUT2D eigenvalue weighted by Gasteiger charge is 2.38. The highest BCUT2D eigenvalue weighted by Crippen LogP contribution is 2.30. The number of nitrogens with zero attached hydrogens (tertiary/aromatic N) is 2. The van der Waals surface area contributed by atoms with Crippen molar-refractivity contribution in [1.82, 2.24) is 20.4 Å². The van der Waals surface area contributed by atoms with Crippen molar-refractivity contribution in [2.45, 2.75) is 18.9 Å². The van der Waals surface area contributed by atoms with Crippen LogP contribution in [0.5, 0.6) is 5.75 Å². The topological polar surface area (TPSA) is 87.3 Å². The van der Waals surface area contributed by atoms with Crippen LogP contribution in [0.1, 0.15) is 28.9 Å². The second kappa shape index (κ2) is 7.34. The van der Waals surface area contributed by atoms with Crippen LogP contribution in [0.25, 0.3) is 10.9 Å². The summed E-state index contributed by atoms with van der Waals surface area (Å²) in [6.07, 6.45) is 0. The Morgan fingerprint density at radius 1 is 1.14 bits per heavy atom. The lowest BCUT2D eigenvalue weighted by atomic mass is 9.94. The Balaban J connectivity index is 1.61. The number of carbonyl (C=O) groups is 2. The van der Waals surface area contributed by atoms with Crippen molar-refractivity contribution >= 4 is 22.7 Å². The van der Waals surface area contributed by atoms with E-state index in [2.05, 4.69) is 15.5 Å². The quantitative estimate of drug-likeness (QED) is 0.729. The molecule has 2 N–H and O–H groups in total. The van der Waals surface area contributed by atoms with Gasteiger partial charge in [0.05, 0.1) is 18.7 Å². The molecule has 2 atom stereocenters. The number of ether oxygens (including phenoxy) is 1. The monoisotopic (exact) mass is 378 g/mol. The SMILES string of the molecule is COc1ccc([C@@H]2CN(C(=O)c3n[nH]c4ccccc34)C[C@H]2NC(C)=O)cc1. The highest BCUT2D eigenvalue weighted by molar-refractivity contribution is 6.04. The third-order valence-corrected chi connectivity index (χ3v) is 5.21. The number of nitrogens with one attached hydrogen (secondary N) is 2. The molecule has 7 nitrogen and oxygen atoms in total. The number of H-pyrrole nitrogens is 1. The number of rotatable bonds is 4. The maximum Gasteiger partial charge on any atom is 0.275 e. The van der Waals surface area contributed by atoms with Crippen molar-refractivity contribution in [3.05, 3.63) is 59.8 Å². The number of aromatic amines is 1. The lowest BCUT2D eigenvalue weighted by Crippen LogP contribution is -2.39. The summed E-state index contributed by atoms with van der Waals surface area (Å²) in [7, 11) is 1.62. The summed E-state index contributed by atoms with van der Waals surface area (Å²) in [5.41, 5.74) is 2.30. The molecule has 4 rings (SSSR count). The van der Waals surface area contributed by atoms with Crippen LogP contribution in [0.2, 0.25) is 0 Å². The number of para-hydroxylation sites is 1. The molecule has 2 heterocycles. The van der Waals surface area contributed by atoms with Crippen LogP contribution >= 0.6 is 0 Å². The van der Waals surface area contributed by atoms with E-state index in [0.717, 1.165) is 22.2 Å². The van der Waals surface area contributed by atoms with Gasteiger partial charge in [-0.3, -0.25) is 14.7 Å². The van der Waals surface area contributed by atoms with Crippen molar-refractivity contribution in [3.8, 4) is 5.75 Å². The summed E-state index contributed by atoms with van der Waals surface area (Å²) >= 11 is 0. The molecule has 0 unspecified atom stereocenters. The zero-order chi connectivity index (χ0) is 19.7. The number of amides is 2. The van der Waals surface area contributed by atoms with E-state index >= 15 is 0 Å². The molecule has 2 aromatic carbocycles. The second-order valence-corrected chi connectivity index (χ2v) is 7.01. The average Bonchev–Trinajstić information content (AvgIpc) is 3.31. The molecule has 7 heteroatoms. The first-order valence-electron chi connectivity index (χ1n) is 9.20. The van der Waals surface area contributed by atoms with Crippen LogP contribution in [-0.2, 0) is 4.79 Å². The number of hydrogen-bond donors (Lipinski definition) is 2. The van der Waals surface area contributed by atoms with Crippen molar-refractivity contribution in [2.24, 2.45) is 0 Å². The molecule has 1 saturated heterocycles. The van der Waals surface area contributed by atoms with Crippen LogP contribution in [0.15, 0.2) is 48.5 Å². The van der Waals surface area contributed by atoms with Gasteiger partial charge in [-0.15, -0.1) is 0 Å². The Labute approximate surface area is 162 Å². The van der Waals surface area contributed by atoms with Gasteiger partial charge in [-0.2, -0.15) is 5.10 Å². The van der Waals surface area contributed by atoms with Gasteiger partial charge in [0.1, 0.15) is 5.75 Å². The second-order valence-electron chi connectivity index (χ2n) is 7.01. The standard InChI is InChI=1S/C21H22N4O3/c1-13(26)22-19-12-25(11-17(19)14-7-9-15(28-2)10-8-14)21(27)20-16-5-3-4-6-18(16)23-24-20/h3-10,17,19H,11-12H2,1-2H3,(H,22,26)(H,23,24)/t17-,19+/m0/s1. The van der Waals surface area contributed by atoms with Gasteiger partial charge in [-0.25, -0.2) is 0 Å². The largest absolute Gasteiger partial charge is 0.497 e. The van der Waals surface area contributed by atoms with Crippen molar-refractivity contribution < 1.29 is 14.3 Å². The molecule has 0 bridgehead atoms. The number of methoxy groups -OCH3 is 1. The first-order chi connectivity index (χ1) is 13.6. The molecule has 2 amide bonds. The van der Waals surface area contributed by atoms with Crippen LogP contribution in [0.4, 0.5) is 0 Å². The maximum atomic E-state index is 13.1. The predicted octanol–water partition coefficient (Wildman–Crippen LogP) is 2.32. The van der Waals surface area contributed by atoms with E-state index in [1.165, 1.54) is 6.92 Å². The average molecular weight is 378 g/mol. The van der Waals surface area contributed by atoms with Crippen LogP contribution in [0.3, 0.4) is 0 Å². The van der Waals surface area contributed by atoms with E-state index in [1.54, 1.807) is 12.0 Å². The summed E-state index contributed by atoms with van der Waals surface area (Å²) in [5, 5.41) is 10.9. The maximum absolute atomic E-state index is 13.1. The van der Waals surface area contributed by atoms with Gasteiger partial charge in [0.15, 0.2) is 5.69 Å². The van der Waals surface area contributed by atoms with E-state index in [4.69, 9.17) is 4.74 Å². The summed E-state index contributed by atoms with van der Waals surface area (Å²) in [6.45, 7) is 2.45. The molecule has 1 aliphatic heterocycles. The molecule has 144 valence electrons. The minimum atomic E-state index is -0.153. The summed E-state index contributed by atoms with van der Waals surface area (Å²) in [4.78, 5) is 26.6. The Morgan fingerprint density at radius 2 is 1.89 bits per heavy atom. The Hall–Kier alpha value is -3.35. The van der Waals surface area contributed by atoms with E-state index in [-0.39, 0.29) is 23.8 Å². The van der Waals surface area contributed by atoms with Gasteiger partial charge in [0.25, 0.3) is 5.91 Å². The first kappa shape index (κ1) is 18.0. The van der Waals surface area contributed by atoms with Gasteiger partial charge < -0.3 is 15.0 Å². The summed E-state index contributed by atoms with van der Waals surface area (Å²) in [5.74, 6) is 0.532. The minimum absolute atomic E-state index is 0.00367. The molecule has 0 spiro atoms. The molecule has 28 heavy (non-hydrogen) atoms. The number of carbonyl (C=O) groups excluding carboxylic acids is 2. The smallest absolute Gasteiger partial charge is 0.275 e. The molecule has 3 aromatic rings. The van der Waals surface area contributed by atoms with Crippen molar-refractivity contribution in [1.29, 1.82) is 0 Å². The Bertz CT molecular complexity index is 1010. The van der Waals surface area contributed by atoms with Gasteiger partial charge in [0, 0.05) is 31.3 Å². The van der Waals surface area contributed by atoms with E-state index < -0.39 is 0 Å². The molecular weight excluding hydrogens is 356 g/mol. The van der Waals surface area contributed by atoms with Gasteiger partial charge in [-0.05, 0) is 23.8 Å². The lowest BCUT2D eigenvalue weighted by molar-refractivity contribution is -0.119.